The van der Waals surface area contributed by atoms with Crippen molar-refractivity contribution in [1.82, 2.24) is 9.78 Å². The highest BCUT2D eigenvalue weighted by atomic mass is 79.9. The Morgan fingerprint density at radius 3 is 2.95 bits per heavy atom. The molecule has 2 N–H and O–H groups in total. The zero-order valence-electron chi connectivity index (χ0n) is 9.88. The topological polar surface area (TPSA) is 90.9 Å². The number of rotatable bonds is 2. The van der Waals surface area contributed by atoms with Crippen molar-refractivity contribution in [2.45, 2.75) is 0 Å². The zero-order chi connectivity index (χ0) is 14.0. The molecule has 0 saturated heterocycles. The summed E-state index contributed by atoms with van der Waals surface area (Å²) in [7, 11) is 1.62. The molecule has 0 aliphatic carbocycles. The van der Waals surface area contributed by atoms with Crippen LogP contribution in [-0.2, 0) is 7.05 Å². The van der Waals surface area contributed by atoms with Crippen molar-refractivity contribution in [3.05, 3.63) is 40.0 Å². The van der Waals surface area contributed by atoms with Crippen LogP contribution in [0.2, 0.25) is 0 Å². The average molecular weight is 321 g/mol. The van der Waals surface area contributed by atoms with E-state index >= 15 is 0 Å². The molecule has 1 heterocycles. The summed E-state index contributed by atoms with van der Waals surface area (Å²) in [6, 6.07) is 6.40. The molecule has 0 aliphatic rings. The fraction of sp³-hybridized carbons (Fsp3) is 0.0833. The van der Waals surface area contributed by atoms with E-state index in [9.17, 15) is 9.90 Å². The highest BCUT2D eigenvalue weighted by Crippen LogP contribution is 2.25. The smallest absolute Gasteiger partial charge is 0.256 e. The zero-order valence-corrected chi connectivity index (χ0v) is 11.5. The first-order valence-electron chi connectivity index (χ1n) is 5.25. The maximum Gasteiger partial charge on any atom is 0.256 e. The van der Waals surface area contributed by atoms with E-state index < -0.39 is 5.91 Å². The van der Waals surface area contributed by atoms with E-state index in [-0.39, 0.29) is 16.9 Å². The Bertz CT molecular complexity index is 688. The molecule has 6 nitrogen and oxygen atoms in total. The van der Waals surface area contributed by atoms with Gasteiger partial charge < -0.3 is 10.4 Å². The molecule has 0 spiro atoms. The lowest BCUT2D eigenvalue weighted by Crippen LogP contribution is -2.15. The number of halogens is 1. The lowest BCUT2D eigenvalue weighted by atomic mass is 10.2. The van der Waals surface area contributed by atoms with E-state index in [1.165, 1.54) is 16.9 Å². The van der Waals surface area contributed by atoms with Crippen molar-refractivity contribution in [1.29, 1.82) is 5.26 Å². The first kappa shape index (κ1) is 13.1. The van der Waals surface area contributed by atoms with Crippen LogP contribution in [0.5, 0.6) is 5.75 Å². The molecule has 1 amide bonds. The van der Waals surface area contributed by atoms with Crippen molar-refractivity contribution in [3.63, 3.8) is 0 Å². The predicted octanol–water partition coefficient (Wildman–Crippen LogP) is 2.01. The number of hydrogen-bond donors (Lipinski definition) is 2. The molecular weight excluding hydrogens is 312 g/mol. The lowest BCUT2D eigenvalue weighted by Gasteiger charge is -2.06. The van der Waals surface area contributed by atoms with E-state index in [4.69, 9.17) is 5.26 Å². The normalized spacial score (nSPS) is 9.95. The largest absolute Gasteiger partial charge is 0.507 e. The highest BCUT2D eigenvalue weighted by Gasteiger charge is 2.14. The van der Waals surface area contributed by atoms with E-state index in [1.54, 1.807) is 19.2 Å². The van der Waals surface area contributed by atoms with Gasteiger partial charge in [0.05, 0.1) is 10.7 Å². The van der Waals surface area contributed by atoms with Gasteiger partial charge in [-0.2, -0.15) is 10.4 Å². The van der Waals surface area contributed by atoms with E-state index in [0.717, 1.165) is 0 Å². The molecule has 19 heavy (non-hydrogen) atoms. The van der Waals surface area contributed by atoms with Crippen molar-refractivity contribution in [2.75, 3.05) is 5.32 Å². The molecule has 0 radical (unpaired) electrons. The summed E-state index contributed by atoms with van der Waals surface area (Å²) < 4.78 is 1.90. The van der Waals surface area contributed by atoms with Gasteiger partial charge in [0.15, 0.2) is 0 Å². The molecule has 0 saturated carbocycles. The number of nitriles is 1. The Kier molecular flexibility index (Phi) is 3.53. The number of nitrogens with zero attached hydrogens (tertiary/aromatic N) is 3. The Morgan fingerprint density at radius 1 is 1.58 bits per heavy atom. The molecule has 0 atom stereocenters. The van der Waals surface area contributed by atoms with Crippen LogP contribution < -0.4 is 5.32 Å². The molecular formula is C12H9BrN4O2. The number of carbonyl (C=O) groups is 1. The van der Waals surface area contributed by atoms with Gasteiger partial charge in [0.2, 0.25) is 0 Å². The van der Waals surface area contributed by atoms with Gasteiger partial charge in [0.1, 0.15) is 23.2 Å². The number of aromatic nitrogens is 2. The number of aromatic hydroxyl groups is 1. The van der Waals surface area contributed by atoms with Crippen LogP contribution in [0.1, 0.15) is 15.9 Å². The van der Waals surface area contributed by atoms with Crippen LogP contribution >= 0.6 is 15.9 Å². The van der Waals surface area contributed by atoms with Gasteiger partial charge in [-0.15, -0.1) is 0 Å². The minimum atomic E-state index is -0.428. The van der Waals surface area contributed by atoms with Gasteiger partial charge in [-0.05, 0) is 34.1 Å². The number of carbonyl (C=O) groups excluding carboxylic acids is 1. The summed E-state index contributed by atoms with van der Waals surface area (Å²) in [6.45, 7) is 0. The number of amides is 1. The predicted molar refractivity (Wildman–Crippen MR) is 71.7 cm³/mol. The van der Waals surface area contributed by atoms with Crippen LogP contribution in [0.25, 0.3) is 0 Å². The van der Waals surface area contributed by atoms with Gasteiger partial charge in [-0.1, -0.05) is 0 Å². The quantitative estimate of drug-likeness (QED) is 0.885. The number of anilines is 1. The Labute approximate surface area is 117 Å². The Morgan fingerprint density at radius 2 is 2.32 bits per heavy atom. The molecule has 96 valence electrons. The van der Waals surface area contributed by atoms with E-state index in [2.05, 4.69) is 26.3 Å². The first-order chi connectivity index (χ1) is 9.02. The molecule has 1 aromatic carbocycles. The fourth-order valence-corrected chi connectivity index (χ4v) is 1.75. The van der Waals surface area contributed by atoms with Gasteiger partial charge in [0, 0.05) is 12.6 Å². The van der Waals surface area contributed by atoms with Gasteiger partial charge >= 0.3 is 0 Å². The number of hydrogen-bond acceptors (Lipinski definition) is 4. The number of phenolic OH excluding ortho intramolecular Hbond substituents is 1. The summed E-state index contributed by atoms with van der Waals surface area (Å²) in [4.78, 5) is 12.0. The van der Waals surface area contributed by atoms with E-state index in [1.807, 2.05) is 6.07 Å². The van der Waals surface area contributed by atoms with Crippen molar-refractivity contribution < 1.29 is 9.90 Å². The monoisotopic (exact) mass is 320 g/mol. The standard InChI is InChI=1S/C12H9BrN4O2/c1-17-11(8(5-14)6-15-17)16-12(19)7-2-3-9(13)10(18)4-7/h2-4,6,18H,1H3,(H,16,19). The third-order valence-corrected chi connectivity index (χ3v) is 3.17. The number of phenols is 1. The second-order valence-electron chi connectivity index (χ2n) is 3.76. The fourth-order valence-electron chi connectivity index (χ4n) is 1.50. The number of nitrogens with one attached hydrogen (secondary N) is 1. The van der Waals surface area contributed by atoms with Gasteiger partial charge in [-0.25, -0.2) is 0 Å². The summed E-state index contributed by atoms with van der Waals surface area (Å²) in [5, 5.41) is 24.9. The molecule has 1 aromatic heterocycles. The summed E-state index contributed by atoms with van der Waals surface area (Å²) in [5.74, 6) is -0.143. The molecule has 0 aliphatic heterocycles. The average Bonchev–Trinajstić information content (AvgIpc) is 2.74. The number of aryl methyl sites for hydroxylation is 1. The summed E-state index contributed by atoms with van der Waals surface area (Å²) >= 11 is 3.13. The first-order valence-corrected chi connectivity index (χ1v) is 6.04. The molecule has 0 bridgehead atoms. The Hall–Kier alpha value is -2.33. The Balaban J connectivity index is 2.28. The van der Waals surface area contributed by atoms with E-state index in [0.29, 0.717) is 10.3 Å². The van der Waals surface area contributed by atoms with Gasteiger partial charge in [0.25, 0.3) is 5.91 Å². The van der Waals surface area contributed by atoms with Crippen molar-refractivity contribution >= 4 is 27.7 Å². The SMILES string of the molecule is Cn1ncc(C#N)c1NC(=O)c1ccc(Br)c(O)c1. The molecule has 2 rings (SSSR count). The molecule has 2 aromatic rings. The third kappa shape index (κ3) is 2.58. The van der Waals surface area contributed by atoms with Crippen LogP contribution in [0.4, 0.5) is 5.82 Å². The maximum absolute atomic E-state index is 12.0. The molecule has 0 unspecified atom stereocenters. The minimum Gasteiger partial charge on any atom is -0.507 e. The van der Waals surface area contributed by atoms with Crippen LogP contribution in [0, 0.1) is 11.3 Å². The summed E-state index contributed by atoms with van der Waals surface area (Å²) in [5.41, 5.74) is 0.558. The van der Waals surface area contributed by atoms with Gasteiger partial charge in [-0.3, -0.25) is 9.48 Å². The summed E-state index contributed by atoms with van der Waals surface area (Å²) in [6.07, 6.45) is 1.37. The van der Waals surface area contributed by atoms with Crippen molar-refractivity contribution in [3.8, 4) is 11.8 Å². The van der Waals surface area contributed by atoms with Crippen LogP contribution in [-0.4, -0.2) is 20.8 Å². The van der Waals surface area contributed by atoms with Crippen LogP contribution in [0.3, 0.4) is 0 Å². The minimum absolute atomic E-state index is 0.0295. The maximum atomic E-state index is 12.0. The van der Waals surface area contributed by atoms with Crippen LogP contribution in [0.15, 0.2) is 28.9 Å². The second-order valence-corrected chi connectivity index (χ2v) is 4.62. The number of benzene rings is 1. The van der Waals surface area contributed by atoms with Crippen molar-refractivity contribution in [2.24, 2.45) is 7.05 Å². The second kappa shape index (κ2) is 5.12. The highest BCUT2D eigenvalue weighted by molar-refractivity contribution is 9.10. The molecule has 7 heteroatoms. The third-order valence-electron chi connectivity index (χ3n) is 2.50. The lowest BCUT2D eigenvalue weighted by molar-refractivity contribution is 0.102. The molecule has 0 fully saturated rings.